The quantitative estimate of drug-likeness (QED) is 0.804. The summed E-state index contributed by atoms with van der Waals surface area (Å²) in [6.07, 6.45) is 2.27. The molecule has 0 radical (unpaired) electrons. The highest BCUT2D eigenvalue weighted by Gasteiger charge is 2.29. The van der Waals surface area contributed by atoms with E-state index < -0.39 is 0 Å². The van der Waals surface area contributed by atoms with Crippen molar-refractivity contribution >= 4 is 29.1 Å². The Morgan fingerprint density at radius 1 is 1.50 bits per heavy atom. The Morgan fingerprint density at radius 3 is 2.70 bits per heavy atom. The van der Waals surface area contributed by atoms with Crippen LogP contribution in [0.15, 0.2) is 30.9 Å². The third kappa shape index (κ3) is 2.70. The summed E-state index contributed by atoms with van der Waals surface area (Å²) >= 11 is 6.16. The van der Waals surface area contributed by atoms with E-state index in [0.717, 1.165) is 5.69 Å². The van der Waals surface area contributed by atoms with Crippen LogP contribution in [0.1, 0.15) is 16.8 Å². The predicted octanol–water partition coefficient (Wildman–Crippen LogP) is 2.58. The Bertz CT molecular complexity index is 569. The van der Waals surface area contributed by atoms with E-state index in [1.807, 2.05) is 0 Å². The normalized spacial score (nSPS) is 18.2. The van der Waals surface area contributed by atoms with Crippen molar-refractivity contribution in [1.29, 1.82) is 0 Å². The van der Waals surface area contributed by atoms with E-state index in [4.69, 9.17) is 11.6 Å². The molecule has 2 amide bonds. The van der Waals surface area contributed by atoms with Gasteiger partial charge in [-0.2, -0.15) is 0 Å². The minimum atomic E-state index is -0.154. The molecule has 1 fully saturated rings. The van der Waals surface area contributed by atoms with Gasteiger partial charge in [0, 0.05) is 38.7 Å². The zero-order valence-corrected chi connectivity index (χ0v) is 12.4. The Labute approximate surface area is 123 Å². The number of benzene rings is 1. The summed E-state index contributed by atoms with van der Waals surface area (Å²) in [4.78, 5) is 27.0. The first-order chi connectivity index (χ1) is 9.43. The maximum Gasteiger partial charge on any atom is 0.254 e. The largest absolute Gasteiger partial charge is 0.345 e. The molecular formula is C15H17ClN2O2. The van der Waals surface area contributed by atoms with Crippen LogP contribution in [0.2, 0.25) is 5.02 Å². The molecule has 1 heterocycles. The molecule has 1 saturated heterocycles. The van der Waals surface area contributed by atoms with Gasteiger partial charge in [0.05, 0.1) is 10.6 Å². The minimum Gasteiger partial charge on any atom is -0.345 e. The summed E-state index contributed by atoms with van der Waals surface area (Å²) in [6.45, 7) is 4.34. The van der Waals surface area contributed by atoms with Crippen LogP contribution in [0.3, 0.4) is 0 Å². The number of halogens is 1. The third-order valence-electron chi connectivity index (χ3n) is 3.39. The van der Waals surface area contributed by atoms with Crippen LogP contribution in [0.25, 0.3) is 0 Å². The second-order valence-electron chi connectivity index (χ2n) is 5.07. The molecule has 1 aromatic carbocycles. The molecule has 1 aromatic rings. The van der Waals surface area contributed by atoms with Crippen LogP contribution < -0.4 is 4.90 Å². The molecule has 2 rings (SSSR count). The molecule has 1 unspecified atom stereocenters. The third-order valence-corrected chi connectivity index (χ3v) is 3.70. The van der Waals surface area contributed by atoms with Crippen LogP contribution in [0.4, 0.5) is 5.69 Å². The van der Waals surface area contributed by atoms with E-state index in [0.29, 0.717) is 23.6 Å². The fourth-order valence-corrected chi connectivity index (χ4v) is 2.48. The van der Waals surface area contributed by atoms with Gasteiger partial charge in [0.2, 0.25) is 5.91 Å². The number of amides is 2. The van der Waals surface area contributed by atoms with Gasteiger partial charge in [-0.05, 0) is 18.2 Å². The van der Waals surface area contributed by atoms with Crippen molar-refractivity contribution in [3.63, 3.8) is 0 Å². The van der Waals surface area contributed by atoms with Gasteiger partial charge in [-0.25, -0.2) is 0 Å². The molecule has 106 valence electrons. The van der Waals surface area contributed by atoms with Crippen LogP contribution >= 0.6 is 11.6 Å². The van der Waals surface area contributed by atoms with Crippen LogP contribution in [-0.4, -0.2) is 37.4 Å². The average Bonchev–Trinajstić information content (AvgIpc) is 2.79. The fourth-order valence-electron chi connectivity index (χ4n) is 2.23. The summed E-state index contributed by atoms with van der Waals surface area (Å²) in [6, 6.07) is 5.09. The Balaban J connectivity index is 2.28. The molecule has 0 aliphatic carbocycles. The van der Waals surface area contributed by atoms with Gasteiger partial charge in [0.1, 0.15) is 0 Å². The van der Waals surface area contributed by atoms with E-state index in [-0.39, 0.29) is 17.7 Å². The van der Waals surface area contributed by atoms with Gasteiger partial charge >= 0.3 is 0 Å². The first kappa shape index (κ1) is 14.6. The molecule has 0 spiro atoms. The van der Waals surface area contributed by atoms with Crippen molar-refractivity contribution in [2.75, 3.05) is 25.5 Å². The molecule has 5 heteroatoms. The van der Waals surface area contributed by atoms with Gasteiger partial charge in [-0.3, -0.25) is 9.59 Å². The van der Waals surface area contributed by atoms with Gasteiger partial charge in [0.15, 0.2) is 0 Å². The Morgan fingerprint density at radius 2 is 2.20 bits per heavy atom. The van der Waals surface area contributed by atoms with Crippen molar-refractivity contribution in [1.82, 2.24) is 4.90 Å². The van der Waals surface area contributed by atoms with Crippen molar-refractivity contribution < 1.29 is 9.59 Å². The first-order valence-corrected chi connectivity index (χ1v) is 6.76. The fraction of sp³-hybridized carbons (Fsp3) is 0.333. The zero-order chi connectivity index (χ0) is 14.9. The monoisotopic (exact) mass is 292 g/mol. The minimum absolute atomic E-state index is 0.0534. The van der Waals surface area contributed by atoms with Crippen LogP contribution in [-0.2, 0) is 4.79 Å². The highest BCUT2D eigenvalue weighted by atomic mass is 35.5. The molecule has 0 aromatic heterocycles. The molecule has 0 bridgehead atoms. The van der Waals surface area contributed by atoms with Crippen molar-refractivity contribution in [3.8, 4) is 0 Å². The lowest BCUT2D eigenvalue weighted by atomic mass is 10.1. The number of hydrogen-bond acceptors (Lipinski definition) is 2. The summed E-state index contributed by atoms with van der Waals surface area (Å²) in [7, 11) is 3.34. The predicted molar refractivity (Wildman–Crippen MR) is 80.1 cm³/mol. The van der Waals surface area contributed by atoms with Crippen molar-refractivity contribution in [3.05, 3.63) is 41.4 Å². The molecule has 0 N–H and O–H groups in total. The standard InChI is InChI=1S/C15H17ClN2O2/c1-4-10-7-14(19)18(9-10)11-5-6-12(13(16)8-11)15(20)17(2)3/h4-6,8,10H,1,7,9H2,2-3H3. The molecule has 1 aliphatic rings. The maximum atomic E-state index is 11.9. The molecule has 0 saturated carbocycles. The van der Waals surface area contributed by atoms with Gasteiger partial charge in [0.25, 0.3) is 5.91 Å². The first-order valence-electron chi connectivity index (χ1n) is 6.38. The summed E-state index contributed by atoms with van der Waals surface area (Å²) in [5.41, 5.74) is 1.16. The SMILES string of the molecule is C=CC1CC(=O)N(c2ccc(C(=O)N(C)C)c(Cl)c2)C1. The molecular weight excluding hydrogens is 276 g/mol. The number of anilines is 1. The van der Waals surface area contributed by atoms with Crippen LogP contribution in [0, 0.1) is 5.92 Å². The Hall–Kier alpha value is -1.81. The summed E-state index contributed by atoms with van der Waals surface area (Å²) in [5.74, 6) is 0.0697. The van der Waals surface area contributed by atoms with E-state index >= 15 is 0 Å². The van der Waals surface area contributed by atoms with Gasteiger partial charge in [-0.15, -0.1) is 6.58 Å². The molecule has 20 heavy (non-hydrogen) atoms. The topological polar surface area (TPSA) is 40.6 Å². The number of carbonyl (C=O) groups is 2. The number of nitrogens with zero attached hydrogens (tertiary/aromatic N) is 2. The maximum absolute atomic E-state index is 11.9. The molecule has 4 nitrogen and oxygen atoms in total. The number of rotatable bonds is 3. The zero-order valence-electron chi connectivity index (χ0n) is 11.6. The molecule has 1 atom stereocenters. The summed E-state index contributed by atoms with van der Waals surface area (Å²) in [5, 5.41) is 0.357. The van der Waals surface area contributed by atoms with E-state index in [1.165, 1.54) is 4.90 Å². The van der Waals surface area contributed by atoms with E-state index in [1.54, 1.807) is 43.3 Å². The smallest absolute Gasteiger partial charge is 0.254 e. The lowest BCUT2D eigenvalue weighted by Crippen LogP contribution is -2.25. The van der Waals surface area contributed by atoms with E-state index in [2.05, 4.69) is 6.58 Å². The van der Waals surface area contributed by atoms with E-state index in [9.17, 15) is 9.59 Å². The second-order valence-corrected chi connectivity index (χ2v) is 5.48. The number of carbonyl (C=O) groups excluding carboxylic acids is 2. The van der Waals surface area contributed by atoms with Crippen molar-refractivity contribution in [2.24, 2.45) is 5.92 Å². The lowest BCUT2D eigenvalue weighted by Gasteiger charge is -2.18. The van der Waals surface area contributed by atoms with Crippen molar-refractivity contribution in [2.45, 2.75) is 6.42 Å². The number of hydrogen-bond donors (Lipinski definition) is 0. The molecule has 1 aliphatic heterocycles. The Kier molecular flexibility index (Phi) is 4.14. The van der Waals surface area contributed by atoms with Gasteiger partial charge < -0.3 is 9.80 Å². The highest BCUT2D eigenvalue weighted by molar-refractivity contribution is 6.34. The highest BCUT2D eigenvalue weighted by Crippen LogP contribution is 2.29. The second kappa shape index (κ2) is 5.67. The lowest BCUT2D eigenvalue weighted by molar-refractivity contribution is -0.117. The average molecular weight is 293 g/mol. The van der Waals surface area contributed by atoms with Crippen LogP contribution in [0.5, 0.6) is 0 Å². The van der Waals surface area contributed by atoms with Gasteiger partial charge in [-0.1, -0.05) is 17.7 Å². The summed E-state index contributed by atoms with van der Waals surface area (Å²) < 4.78 is 0.